The monoisotopic (exact) mass is 289 g/mol. The summed E-state index contributed by atoms with van der Waals surface area (Å²) in [5.41, 5.74) is 4.64. The summed E-state index contributed by atoms with van der Waals surface area (Å²) in [5.74, 6) is 0.807. The molecular formula is C15H23N5O. The van der Waals surface area contributed by atoms with Gasteiger partial charge in [0.25, 0.3) is 0 Å². The fraction of sp³-hybridized carbons (Fsp3) is 0.533. The summed E-state index contributed by atoms with van der Waals surface area (Å²) in [5, 5.41) is 15.5. The van der Waals surface area contributed by atoms with Crippen LogP contribution in [0.3, 0.4) is 0 Å². The lowest BCUT2D eigenvalue weighted by molar-refractivity contribution is 0.196. The molecule has 0 aliphatic carbocycles. The van der Waals surface area contributed by atoms with Crippen LogP contribution < -0.4 is 5.32 Å². The van der Waals surface area contributed by atoms with Gasteiger partial charge in [0, 0.05) is 13.7 Å². The zero-order valence-corrected chi connectivity index (χ0v) is 13.3. The molecule has 1 atom stereocenters. The summed E-state index contributed by atoms with van der Waals surface area (Å²) in [6.07, 6.45) is 0. The Balaban J connectivity index is 2.32. The first-order valence-electron chi connectivity index (χ1n) is 7.13. The number of methoxy groups -OCH3 is 1. The van der Waals surface area contributed by atoms with Gasteiger partial charge in [0.15, 0.2) is 5.82 Å². The molecule has 0 aliphatic heterocycles. The van der Waals surface area contributed by atoms with E-state index in [0.717, 1.165) is 18.1 Å². The molecule has 2 aromatic rings. The highest BCUT2D eigenvalue weighted by Crippen LogP contribution is 2.22. The van der Waals surface area contributed by atoms with E-state index in [2.05, 4.69) is 60.7 Å². The highest BCUT2D eigenvalue weighted by atomic mass is 16.5. The van der Waals surface area contributed by atoms with Crippen molar-refractivity contribution in [1.82, 2.24) is 25.5 Å². The smallest absolute Gasteiger partial charge is 0.173 e. The Bertz CT molecular complexity index is 585. The Hall–Kier alpha value is -1.79. The minimum Gasteiger partial charge on any atom is -0.383 e. The second kappa shape index (κ2) is 6.78. The molecule has 1 aromatic carbocycles. The molecule has 0 radical (unpaired) electrons. The Morgan fingerprint density at radius 3 is 2.52 bits per heavy atom. The summed E-state index contributed by atoms with van der Waals surface area (Å²) in [4.78, 5) is 0. The van der Waals surface area contributed by atoms with Gasteiger partial charge in [0.2, 0.25) is 0 Å². The Kier molecular flexibility index (Phi) is 5.03. The summed E-state index contributed by atoms with van der Waals surface area (Å²) >= 11 is 0. The number of nitrogens with zero attached hydrogens (tertiary/aromatic N) is 4. The van der Waals surface area contributed by atoms with E-state index in [1.54, 1.807) is 7.11 Å². The lowest BCUT2D eigenvalue weighted by Crippen LogP contribution is -2.25. The lowest BCUT2D eigenvalue weighted by Gasteiger charge is -2.16. The third-order valence-corrected chi connectivity index (χ3v) is 3.48. The number of ether oxygens (including phenoxy) is 1. The number of tetrazole rings is 1. The lowest BCUT2D eigenvalue weighted by atomic mass is 10.1. The molecule has 0 fully saturated rings. The second-order valence-corrected chi connectivity index (χ2v) is 5.36. The molecule has 2 rings (SSSR count). The average molecular weight is 289 g/mol. The molecule has 0 saturated carbocycles. The number of nitrogens with one attached hydrogen (secondary N) is 1. The molecule has 0 spiro atoms. The van der Waals surface area contributed by atoms with Gasteiger partial charge in [0.1, 0.15) is 0 Å². The minimum absolute atomic E-state index is 0.0512. The van der Waals surface area contributed by atoms with E-state index in [1.165, 1.54) is 16.7 Å². The van der Waals surface area contributed by atoms with Crippen LogP contribution in [0.25, 0.3) is 5.69 Å². The van der Waals surface area contributed by atoms with Crippen molar-refractivity contribution in [1.29, 1.82) is 0 Å². The molecule has 0 bridgehead atoms. The van der Waals surface area contributed by atoms with Gasteiger partial charge in [-0.05, 0) is 49.2 Å². The molecule has 1 N–H and O–H groups in total. The SMILES string of the molecule is COCCNC(C)c1nnnn1-c1c(C)cc(C)cc1C. The van der Waals surface area contributed by atoms with Gasteiger partial charge in [-0.3, -0.25) is 0 Å². The van der Waals surface area contributed by atoms with Gasteiger partial charge in [-0.2, -0.15) is 4.68 Å². The van der Waals surface area contributed by atoms with E-state index in [1.807, 2.05) is 4.68 Å². The Morgan fingerprint density at radius 2 is 1.90 bits per heavy atom. The fourth-order valence-electron chi connectivity index (χ4n) is 2.60. The Labute approximate surface area is 125 Å². The molecule has 1 unspecified atom stereocenters. The van der Waals surface area contributed by atoms with Crippen LogP contribution in [0.15, 0.2) is 12.1 Å². The number of benzene rings is 1. The summed E-state index contributed by atoms with van der Waals surface area (Å²) in [6.45, 7) is 9.74. The first-order valence-corrected chi connectivity index (χ1v) is 7.13. The van der Waals surface area contributed by atoms with E-state index < -0.39 is 0 Å². The second-order valence-electron chi connectivity index (χ2n) is 5.36. The fourth-order valence-corrected chi connectivity index (χ4v) is 2.60. The molecule has 1 heterocycles. The van der Waals surface area contributed by atoms with Crippen LogP contribution in [0, 0.1) is 20.8 Å². The molecule has 0 aliphatic rings. The standard InChI is InChI=1S/C15H23N5O/c1-10-8-11(2)14(12(3)9-10)20-15(17-18-19-20)13(4)16-6-7-21-5/h8-9,13,16H,6-7H2,1-5H3. The maximum Gasteiger partial charge on any atom is 0.173 e. The van der Waals surface area contributed by atoms with Crippen molar-refractivity contribution < 1.29 is 4.74 Å². The van der Waals surface area contributed by atoms with Crippen molar-refractivity contribution in [2.45, 2.75) is 33.7 Å². The zero-order valence-electron chi connectivity index (χ0n) is 13.3. The molecular weight excluding hydrogens is 266 g/mol. The van der Waals surface area contributed by atoms with E-state index in [-0.39, 0.29) is 6.04 Å². The maximum atomic E-state index is 5.05. The largest absolute Gasteiger partial charge is 0.383 e. The first kappa shape index (κ1) is 15.6. The van der Waals surface area contributed by atoms with Crippen molar-refractivity contribution in [2.24, 2.45) is 0 Å². The number of aromatic nitrogens is 4. The quantitative estimate of drug-likeness (QED) is 0.823. The molecule has 6 heteroatoms. The van der Waals surface area contributed by atoms with E-state index >= 15 is 0 Å². The summed E-state index contributed by atoms with van der Waals surface area (Å²) in [6, 6.07) is 4.35. The van der Waals surface area contributed by atoms with Crippen LogP contribution in [-0.4, -0.2) is 40.5 Å². The van der Waals surface area contributed by atoms with Gasteiger partial charge in [-0.15, -0.1) is 5.10 Å². The van der Waals surface area contributed by atoms with Crippen molar-refractivity contribution >= 4 is 0 Å². The molecule has 1 aromatic heterocycles. The van der Waals surface area contributed by atoms with Crippen LogP contribution >= 0.6 is 0 Å². The highest BCUT2D eigenvalue weighted by molar-refractivity contribution is 5.49. The first-order chi connectivity index (χ1) is 10.0. The number of rotatable bonds is 6. The predicted molar refractivity (Wildman–Crippen MR) is 81.7 cm³/mol. The minimum atomic E-state index is 0.0512. The number of hydrogen-bond acceptors (Lipinski definition) is 5. The third-order valence-electron chi connectivity index (χ3n) is 3.48. The van der Waals surface area contributed by atoms with Gasteiger partial charge < -0.3 is 10.1 Å². The van der Waals surface area contributed by atoms with Gasteiger partial charge in [0.05, 0.1) is 18.3 Å². The highest BCUT2D eigenvalue weighted by Gasteiger charge is 2.18. The average Bonchev–Trinajstić information content (AvgIpc) is 2.87. The van der Waals surface area contributed by atoms with Crippen molar-refractivity contribution in [3.63, 3.8) is 0 Å². The van der Waals surface area contributed by atoms with Crippen molar-refractivity contribution in [3.8, 4) is 5.69 Å². The molecule has 0 saturated heterocycles. The topological polar surface area (TPSA) is 64.9 Å². The number of aryl methyl sites for hydroxylation is 3. The Morgan fingerprint density at radius 1 is 1.24 bits per heavy atom. The van der Waals surface area contributed by atoms with Crippen LogP contribution in [-0.2, 0) is 4.74 Å². The van der Waals surface area contributed by atoms with Crippen LogP contribution in [0.1, 0.15) is 35.5 Å². The maximum absolute atomic E-state index is 5.05. The van der Waals surface area contributed by atoms with E-state index in [9.17, 15) is 0 Å². The summed E-state index contributed by atoms with van der Waals surface area (Å²) in [7, 11) is 1.69. The van der Waals surface area contributed by atoms with Gasteiger partial charge >= 0.3 is 0 Å². The van der Waals surface area contributed by atoms with E-state index in [4.69, 9.17) is 4.74 Å². The third kappa shape index (κ3) is 3.46. The van der Waals surface area contributed by atoms with Gasteiger partial charge in [-0.25, -0.2) is 0 Å². The zero-order chi connectivity index (χ0) is 15.4. The van der Waals surface area contributed by atoms with Crippen LogP contribution in [0.5, 0.6) is 0 Å². The molecule has 21 heavy (non-hydrogen) atoms. The van der Waals surface area contributed by atoms with Crippen molar-refractivity contribution in [3.05, 3.63) is 34.6 Å². The van der Waals surface area contributed by atoms with E-state index in [0.29, 0.717) is 6.61 Å². The van der Waals surface area contributed by atoms with Crippen LogP contribution in [0.2, 0.25) is 0 Å². The molecule has 0 amide bonds. The normalized spacial score (nSPS) is 12.6. The van der Waals surface area contributed by atoms with Crippen molar-refractivity contribution in [2.75, 3.05) is 20.3 Å². The molecule has 114 valence electrons. The molecule has 6 nitrogen and oxygen atoms in total. The van der Waals surface area contributed by atoms with Crippen LogP contribution in [0.4, 0.5) is 0 Å². The summed E-state index contributed by atoms with van der Waals surface area (Å²) < 4.78 is 6.88. The number of hydrogen-bond donors (Lipinski definition) is 1. The predicted octanol–water partition coefficient (Wildman–Crippen LogP) is 1.88. The van der Waals surface area contributed by atoms with Gasteiger partial charge in [-0.1, -0.05) is 17.7 Å².